The van der Waals surface area contributed by atoms with E-state index in [1.807, 2.05) is 4.90 Å². The number of carbonyl (C=O) groups excluding carboxylic acids is 1. The monoisotopic (exact) mass is 434 g/mol. The van der Waals surface area contributed by atoms with Crippen LogP contribution in [0.5, 0.6) is 11.5 Å². The van der Waals surface area contributed by atoms with Crippen molar-refractivity contribution in [2.24, 2.45) is 0 Å². The third-order valence-corrected chi connectivity index (χ3v) is 6.12. The molecule has 0 aliphatic carbocycles. The highest BCUT2D eigenvalue weighted by Gasteiger charge is 2.22. The van der Waals surface area contributed by atoms with Gasteiger partial charge >= 0.3 is 0 Å². The summed E-state index contributed by atoms with van der Waals surface area (Å²) in [5.74, 6) is 2.10. The van der Waals surface area contributed by atoms with E-state index in [4.69, 9.17) is 9.47 Å². The van der Waals surface area contributed by atoms with E-state index < -0.39 is 0 Å². The molecule has 4 rings (SSSR count). The fraction of sp³-hybridized carbons (Fsp3) is 0.360. The molecular formula is C25H30N4O3. The second-order valence-corrected chi connectivity index (χ2v) is 8.14. The second-order valence-electron chi connectivity index (χ2n) is 8.14. The lowest BCUT2D eigenvalue weighted by Crippen LogP contribution is -2.35. The molecule has 1 fully saturated rings. The lowest BCUT2D eigenvalue weighted by atomic mass is 10.0. The Hall–Kier alpha value is -3.48. The number of benzene rings is 2. The molecule has 2 aromatic carbocycles. The summed E-state index contributed by atoms with van der Waals surface area (Å²) in [5.41, 5.74) is 5.28. The Labute approximate surface area is 188 Å². The summed E-state index contributed by atoms with van der Waals surface area (Å²) < 4.78 is 10.6. The predicted octanol–water partition coefficient (Wildman–Crippen LogP) is 4.06. The summed E-state index contributed by atoms with van der Waals surface area (Å²) in [6.07, 6.45) is 0.880. The molecule has 0 atom stereocenters. The van der Waals surface area contributed by atoms with Crippen LogP contribution in [0.3, 0.4) is 0 Å². The van der Waals surface area contributed by atoms with Crippen molar-refractivity contribution >= 4 is 11.7 Å². The molecule has 1 aromatic heterocycles. The van der Waals surface area contributed by atoms with Crippen LogP contribution in [0.4, 0.5) is 5.82 Å². The molecule has 1 N–H and O–H groups in total. The van der Waals surface area contributed by atoms with Crippen molar-refractivity contribution in [3.8, 4) is 22.8 Å². The summed E-state index contributed by atoms with van der Waals surface area (Å²) >= 11 is 0. The molecule has 7 nitrogen and oxygen atoms in total. The maximum Gasteiger partial charge on any atom is 0.254 e. The molecular weight excluding hydrogens is 404 g/mol. The van der Waals surface area contributed by atoms with Gasteiger partial charge in [0.2, 0.25) is 0 Å². The first-order valence-corrected chi connectivity index (χ1v) is 10.9. The normalized spacial score (nSPS) is 14.2. The maximum atomic E-state index is 13.1. The average Bonchev–Trinajstić information content (AvgIpc) is 3.18. The molecule has 2 heterocycles. The van der Waals surface area contributed by atoms with E-state index in [0.717, 1.165) is 36.6 Å². The van der Waals surface area contributed by atoms with Crippen molar-refractivity contribution in [1.82, 2.24) is 15.1 Å². The number of amides is 1. The number of aromatic amines is 1. The number of rotatable bonds is 5. The average molecular weight is 435 g/mol. The number of anilines is 1. The highest BCUT2D eigenvalue weighted by Crippen LogP contribution is 2.29. The van der Waals surface area contributed by atoms with Gasteiger partial charge in [0.1, 0.15) is 0 Å². The van der Waals surface area contributed by atoms with Crippen LogP contribution in [-0.4, -0.2) is 61.4 Å². The lowest BCUT2D eigenvalue weighted by molar-refractivity contribution is 0.0766. The van der Waals surface area contributed by atoms with Crippen LogP contribution in [0.1, 0.15) is 27.9 Å². The number of aromatic nitrogens is 2. The molecule has 7 heteroatoms. The molecule has 3 aromatic rings. The number of nitrogens with zero attached hydrogens (tertiary/aromatic N) is 3. The summed E-state index contributed by atoms with van der Waals surface area (Å²) in [4.78, 5) is 17.2. The zero-order chi connectivity index (χ0) is 22.7. The zero-order valence-corrected chi connectivity index (χ0v) is 19.1. The van der Waals surface area contributed by atoms with Gasteiger partial charge in [0, 0.05) is 37.8 Å². The molecule has 0 spiro atoms. The quantitative estimate of drug-likeness (QED) is 0.656. The molecule has 32 heavy (non-hydrogen) atoms. The van der Waals surface area contributed by atoms with Crippen molar-refractivity contribution in [3.05, 3.63) is 59.2 Å². The van der Waals surface area contributed by atoms with E-state index in [1.54, 1.807) is 32.4 Å². The zero-order valence-electron chi connectivity index (χ0n) is 19.1. The van der Waals surface area contributed by atoms with Crippen LogP contribution in [-0.2, 0) is 0 Å². The molecule has 0 radical (unpaired) electrons. The van der Waals surface area contributed by atoms with Crippen molar-refractivity contribution in [3.63, 3.8) is 0 Å². The number of hydrogen-bond donors (Lipinski definition) is 1. The van der Waals surface area contributed by atoms with Crippen LogP contribution in [0.25, 0.3) is 11.3 Å². The highest BCUT2D eigenvalue weighted by atomic mass is 16.5. The first-order chi connectivity index (χ1) is 15.5. The van der Waals surface area contributed by atoms with Crippen LogP contribution < -0.4 is 14.4 Å². The molecule has 1 amide bonds. The fourth-order valence-electron chi connectivity index (χ4n) is 4.03. The van der Waals surface area contributed by atoms with Crippen LogP contribution in [0.15, 0.2) is 42.5 Å². The molecule has 0 bridgehead atoms. The minimum Gasteiger partial charge on any atom is -0.493 e. The Bertz CT molecular complexity index is 1110. The van der Waals surface area contributed by atoms with E-state index in [-0.39, 0.29) is 5.91 Å². The van der Waals surface area contributed by atoms with Gasteiger partial charge in [-0.1, -0.05) is 12.1 Å². The summed E-state index contributed by atoms with van der Waals surface area (Å²) in [6.45, 7) is 7.17. The van der Waals surface area contributed by atoms with E-state index in [1.165, 1.54) is 11.1 Å². The molecule has 1 aliphatic rings. The van der Waals surface area contributed by atoms with Crippen molar-refractivity contribution in [2.45, 2.75) is 20.3 Å². The molecule has 1 saturated heterocycles. The van der Waals surface area contributed by atoms with Gasteiger partial charge in [-0.05, 0) is 61.2 Å². The van der Waals surface area contributed by atoms with E-state index in [2.05, 4.69) is 53.2 Å². The Morgan fingerprint density at radius 1 is 0.906 bits per heavy atom. The Morgan fingerprint density at radius 2 is 1.72 bits per heavy atom. The highest BCUT2D eigenvalue weighted by molar-refractivity contribution is 5.95. The molecule has 168 valence electrons. The Morgan fingerprint density at radius 3 is 2.47 bits per heavy atom. The SMILES string of the molecule is COc1ccc(C(=O)N2CCCN(c3cc(-c4ccc(C)c(C)c4)[nH]n3)CC2)cc1OC. The molecule has 1 aliphatic heterocycles. The number of carbonyl (C=O) groups is 1. The van der Waals surface area contributed by atoms with Gasteiger partial charge in [-0.25, -0.2) is 0 Å². The number of H-pyrrole nitrogens is 1. The summed E-state index contributed by atoms with van der Waals surface area (Å²) in [5, 5.41) is 7.72. The van der Waals surface area contributed by atoms with Crippen molar-refractivity contribution < 1.29 is 14.3 Å². The van der Waals surface area contributed by atoms with E-state index in [0.29, 0.717) is 30.2 Å². The van der Waals surface area contributed by atoms with Gasteiger partial charge < -0.3 is 19.3 Å². The number of methoxy groups -OCH3 is 2. The third-order valence-electron chi connectivity index (χ3n) is 6.12. The maximum absolute atomic E-state index is 13.1. The molecule has 0 unspecified atom stereocenters. The van der Waals surface area contributed by atoms with Crippen molar-refractivity contribution in [2.75, 3.05) is 45.3 Å². The number of aryl methyl sites for hydroxylation is 2. The van der Waals surface area contributed by atoms with Crippen LogP contribution in [0.2, 0.25) is 0 Å². The van der Waals surface area contributed by atoms with E-state index >= 15 is 0 Å². The van der Waals surface area contributed by atoms with Gasteiger partial charge in [-0.3, -0.25) is 9.89 Å². The standard InChI is InChI=1S/C25H30N4O3/c1-17-6-7-19(14-18(17)2)21-16-24(27-26-21)28-10-5-11-29(13-12-28)25(30)20-8-9-22(31-3)23(15-20)32-4/h6-9,14-16H,5,10-13H2,1-4H3,(H,26,27). The van der Waals surface area contributed by atoms with Crippen molar-refractivity contribution in [1.29, 1.82) is 0 Å². The summed E-state index contributed by atoms with van der Waals surface area (Å²) in [6, 6.07) is 13.8. The fourth-order valence-corrected chi connectivity index (χ4v) is 4.03. The van der Waals surface area contributed by atoms with Crippen LogP contribution in [0, 0.1) is 13.8 Å². The third kappa shape index (κ3) is 4.42. The minimum absolute atomic E-state index is 0.00523. The summed E-state index contributed by atoms with van der Waals surface area (Å²) in [7, 11) is 3.16. The molecule has 0 saturated carbocycles. The number of hydrogen-bond acceptors (Lipinski definition) is 5. The minimum atomic E-state index is 0.00523. The van der Waals surface area contributed by atoms with Gasteiger partial charge in [0.25, 0.3) is 5.91 Å². The van der Waals surface area contributed by atoms with Gasteiger partial charge in [-0.2, -0.15) is 5.10 Å². The van der Waals surface area contributed by atoms with Gasteiger partial charge in [0.05, 0.1) is 19.9 Å². The van der Waals surface area contributed by atoms with Crippen LogP contribution >= 0.6 is 0 Å². The first-order valence-electron chi connectivity index (χ1n) is 10.9. The number of ether oxygens (including phenoxy) is 2. The van der Waals surface area contributed by atoms with Gasteiger partial charge in [0.15, 0.2) is 17.3 Å². The Balaban J connectivity index is 1.45. The smallest absolute Gasteiger partial charge is 0.254 e. The van der Waals surface area contributed by atoms with E-state index in [9.17, 15) is 4.79 Å². The predicted molar refractivity (Wildman–Crippen MR) is 126 cm³/mol. The largest absolute Gasteiger partial charge is 0.493 e. The first kappa shape index (κ1) is 21.7. The van der Waals surface area contributed by atoms with Gasteiger partial charge in [-0.15, -0.1) is 0 Å². The second kappa shape index (κ2) is 9.34. The number of nitrogens with one attached hydrogen (secondary N) is 1. The Kier molecular flexibility index (Phi) is 6.35. The topological polar surface area (TPSA) is 70.7 Å². The lowest BCUT2D eigenvalue weighted by Gasteiger charge is -2.22.